The minimum Gasteiger partial charge on any atom is -0.497 e. The first-order valence-corrected chi connectivity index (χ1v) is 9.68. The van der Waals surface area contributed by atoms with Crippen molar-refractivity contribution in [1.29, 1.82) is 0 Å². The maximum absolute atomic E-state index is 12.5. The molecule has 1 fully saturated rings. The third kappa shape index (κ3) is 4.91. The van der Waals surface area contributed by atoms with E-state index in [0.29, 0.717) is 23.3 Å². The zero-order chi connectivity index (χ0) is 20.1. The molecule has 0 bridgehead atoms. The van der Waals surface area contributed by atoms with Crippen LogP contribution in [0.4, 0.5) is 11.8 Å². The Hall–Kier alpha value is -2.83. The summed E-state index contributed by atoms with van der Waals surface area (Å²) in [5, 5.41) is 6.59. The van der Waals surface area contributed by atoms with Gasteiger partial charge >= 0.3 is 0 Å². The molecule has 2 aromatic rings. The van der Waals surface area contributed by atoms with Crippen molar-refractivity contribution < 1.29 is 9.53 Å². The van der Waals surface area contributed by atoms with E-state index in [1.807, 2.05) is 50.3 Å². The van der Waals surface area contributed by atoms with Crippen LogP contribution in [0.3, 0.4) is 0 Å². The van der Waals surface area contributed by atoms with Crippen molar-refractivity contribution in [1.82, 2.24) is 15.3 Å². The van der Waals surface area contributed by atoms with Crippen LogP contribution in [0.2, 0.25) is 0 Å². The van der Waals surface area contributed by atoms with Gasteiger partial charge in [-0.05, 0) is 50.8 Å². The van der Waals surface area contributed by atoms with E-state index in [1.165, 1.54) is 0 Å². The molecule has 7 nitrogen and oxygen atoms in total. The Labute approximate surface area is 166 Å². The first-order valence-electron chi connectivity index (χ1n) is 9.68. The molecule has 1 aromatic carbocycles. The Morgan fingerprint density at radius 2 is 1.89 bits per heavy atom. The van der Waals surface area contributed by atoms with Crippen molar-refractivity contribution in [3.05, 3.63) is 41.6 Å². The summed E-state index contributed by atoms with van der Waals surface area (Å²) in [6.07, 6.45) is 5.65. The minimum atomic E-state index is -0.0483. The van der Waals surface area contributed by atoms with Crippen molar-refractivity contribution >= 4 is 17.7 Å². The second-order valence-corrected chi connectivity index (χ2v) is 7.49. The third-order valence-electron chi connectivity index (χ3n) is 5.10. The lowest BCUT2D eigenvalue weighted by Gasteiger charge is -2.30. The average molecular weight is 383 g/mol. The SMILES string of the molecule is COc1cccc(C(=O)N[C@H]2CC[C@@H](Nc3ncc(C)c(N(C)C)n3)CC2)c1. The molecule has 2 N–H and O–H groups in total. The smallest absolute Gasteiger partial charge is 0.251 e. The molecule has 0 unspecified atom stereocenters. The quantitative estimate of drug-likeness (QED) is 0.798. The number of ether oxygens (including phenoxy) is 1. The van der Waals surface area contributed by atoms with Crippen LogP contribution in [-0.4, -0.2) is 49.2 Å². The van der Waals surface area contributed by atoms with E-state index in [9.17, 15) is 4.79 Å². The topological polar surface area (TPSA) is 79.4 Å². The van der Waals surface area contributed by atoms with Gasteiger partial charge in [0, 0.05) is 43.5 Å². The van der Waals surface area contributed by atoms with E-state index >= 15 is 0 Å². The molecule has 1 heterocycles. The largest absolute Gasteiger partial charge is 0.497 e. The number of methoxy groups -OCH3 is 1. The molecule has 3 rings (SSSR count). The van der Waals surface area contributed by atoms with Gasteiger partial charge in [-0.15, -0.1) is 0 Å². The molecule has 1 saturated carbocycles. The summed E-state index contributed by atoms with van der Waals surface area (Å²) in [5.74, 6) is 2.23. The third-order valence-corrected chi connectivity index (χ3v) is 5.10. The predicted molar refractivity (Wildman–Crippen MR) is 111 cm³/mol. The van der Waals surface area contributed by atoms with E-state index in [-0.39, 0.29) is 11.9 Å². The number of nitrogens with one attached hydrogen (secondary N) is 2. The van der Waals surface area contributed by atoms with Gasteiger partial charge in [-0.1, -0.05) is 6.07 Å². The number of carbonyl (C=O) groups excluding carboxylic acids is 1. The van der Waals surface area contributed by atoms with E-state index < -0.39 is 0 Å². The molecule has 28 heavy (non-hydrogen) atoms. The molecule has 150 valence electrons. The minimum absolute atomic E-state index is 0.0483. The standard InChI is InChI=1S/C21H29N5O2/c1-14-13-22-21(25-19(14)26(2)3)24-17-10-8-16(9-11-17)23-20(27)15-6-5-7-18(12-15)28-4/h5-7,12-13,16-17H,8-11H2,1-4H3,(H,23,27)(H,22,24,25)/t16-,17+. The first kappa shape index (κ1) is 19.9. The number of nitrogens with zero attached hydrogens (tertiary/aromatic N) is 3. The number of hydrogen-bond acceptors (Lipinski definition) is 6. The number of rotatable bonds is 6. The normalized spacial score (nSPS) is 19.0. The molecule has 1 amide bonds. The molecule has 1 aliphatic rings. The molecule has 0 aliphatic heterocycles. The number of aromatic nitrogens is 2. The number of amides is 1. The number of carbonyl (C=O) groups is 1. The van der Waals surface area contributed by atoms with E-state index in [0.717, 1.165) is 37.1 Å². The summed E-state index contributed by atoms with van der Waals surface area (Å²) in [6, 6.07) is 7.75. The summed E-state index contributed by atoms with van der Waals surface area (Å²) in [7, 11) is 5.56. The van der Waals surface area contributed by atoms with Crippen LogP contribution in [-0.2, 0) is 0 Å². The fraction of sp³-hybridized carbons (Fsp3) is 0.476. The molecule has 1 aromatic heterocycles. The monoisotopic (exact) mass is 383 g/mol. The lowest BCUT2D eigenvalue weighted by Crippen LogP contribution is -2.40. The second-order valence-electron chi connectivity index (χ2n) is 7.49. The van der Waals surface area contributed by atoms with Crippen molar-refractivity contribution in [2.75, 3.05) is 31.4 Å². The molecular weight excluding hydrogens is 354 g/mol. The number of anilines is 2. The van der Waals surface area contributed by atoms with E-state index in [2.05, 4.69) is 20.6 Å². The van der Waals surface area contributed by atoms with Crippen LogP contribution in [0, 0.1) is 6.92 Å². The molecule has 0 atom stereocenters. The number of benzene rings is 1. The molecular formula is C21H29N5O2. The van der Waals surface area contributed by atoms with Gasteiger partial charge in [-0.25, -0.2) is 4.98 Å². The number of hydrogen-bond donors (Lipinski definition) is 2. The lowest BCUT2D eigenvalue weighted by molar-refractivity contribution is 0.0926. The van der Waals surface area contributed by atoms with Gasteiger partial charge < -0.3 is 20.3 Å². The zero-order valence-electron chi connectivity index (χ0n) is 17.0. The van der Waals surface area contributed by atoms with E-state index in [4.69, 9.17) is 4.74 Å². The van der Waals surface area contributed by atoms with Gasteiger partial charge in [0.25, 0.3) is 5.91 Å². The average Bonchev–Trinajstić information content (AvgIpc) is 2.70. The predicted octanol–water partition coefficient (Wildman–Crippen LogP) is 3.01. The Balaban J connectivity index is 1.52. The molecule has 1 aliphatic carbocycles. The summed E-state index contributed by atoms with van der Waals surface area (Å²) in [6.45, 7) is 2.01. The highest BCUT2D eigenvalue weighted by Gasteiger charge is 2.23. The first-order chi connectivity index (χ1) is 13.5. The summed E-state index contributed by atoms with van der Waals surface area (Å²) < 4.78 is 5.19. The van der Waals surface area contributed by atoms with Crippen LogP contribution < -0.4 is 20.3 Å². The van der Waals surface area contributed by atoms with Gasteiger partial charge in [0.2, 0.25) is 5.95 Å². The van der Waals surface area contributed by atoms with Crippen LogP contribution in [0.1, 0.15) is 41.6 Å². The van der Waals surface area contributed by atoms with Crippen molar-refractivity contribution in [3.63, 3.8) is 0 Å². The van der Waals surface area contributed by atoms with Gasteiger partial charge in [-0.2, -0.15) is 4.98 Å². The van der Waals surface area contributed by atoms with E-state index in [1.54, 1.807) is 13.2 Å². The molecule has 0 spiro atoms. The molecule has 0 radical (unpaired) electrons. The Morgan fingerprint density at radius 1 is 1.18 bits per heavy atom. The maximum atomic E-state index is 12.5. The van der Waals surface area contributed by atoms with Gasteiger partial charge in [0.15, 0.2) is 0 Å². The van der Waals surface area contributed by atoms with Gasteiger partial charge in [-0.3, -0.25) is 4.79 Å². The Morgan fingerprint density at radius 3 is 2.57 bits per heavy atom. The summed E-state index contributed by atoms with van der Waals surface area (Å²) in [5.41, 5.74) is 1.68. The van der Waals surface area contributed by atoms with Crippen LogP contribution in [0.15, 0.2) is 30.5 Å². The highest BCUT2D eigenvalue weighted by atomic mass is 16.5. The van der Waals surface area contributed by atoms with Crippen LogP contribution >= 0.6 is 0 Å². The van der Waals surface area contributed by atoms with Gasteiger partial charge in [0.1, 0.15) is 11.6 Å². The Bertz CT molecular complexity index is 816. The molecule has 0 saturated heterocycles. The van der Waals surface area contributed by atoms with Crippen molar-refractivity contribution in [2.24, 2.45) is 0 Å². The van der Waals surface area contributed by atoms with Crippen LogP contribution in [0.5, 0.6) is 5.75 Å². The highest BCUT2D eigenvalue weighted by Crippen LogP contribution is 2.23. The summed E-state index contributed by atoms with van der Waals surface area (Å²) >= 11 is 0. The Kier molecular flexibility index (Phi) is 6.34. The second kappa shape index (κ2) is 8.91. The lowest BCUT2D eigenvalue weighted by atomic mass is 9.91. The fourth-order valence-corrected chi connectivity index (χ4v) is 3.55. The zero-order valence-corrected chi connectivity index (χ0v) is 17.0. The fourth-order valence-electron chi connectivity index (χ4n) is 3.55. The van der Waals surface area contributed by atoms with Crippen LogP contribution in [0.25, 0.3) is 0 Å². The van der Waals surface area contributed by atoms with Crippen molar-refractivity contribution in [2.45, 2.75) is 44.7 Å². The number of aryl methyl sites for hydroxylation is 1. The van der Waals surface area contributed by atoms with Crippen molar-refractivity contribution in [3.8, 4) is 5.75 Å². The van der Waals surface area contributed by atoms with Gasteiger partial charge in [0.05, 0.1) is 7.11 Å². The highest BCUT2D eigenvalue weighted by molar-refractivity contribution is 5.94. The molecule has 7 heteroatoms. The summed E-state index contributed by atoms with van der Waals surface area (Å²) in [4.78, 5) is 23.5. The maximum Gasteiger partial charge on any atom is 0.251 e.